The van der Waals surface area contributed by atoms with Gasteiger partial charge in [0.2, 0.25) is 0 Å². The third kappa shape index (κ3) is 7.58. The quantitative estimate of drug-likeness (QED) is 0.721. The van der Waals surface area contributed by atoms with Gasteiger partial charge in [0.05, 0.1) is 6.61 Å². The maximum atomic E-state index is 5.77. The first-order chi connectivity index (χ1) is 9.11. The summed E-state index contributed by atoms with van der Waals surface area (Å²) in [6.07, 6.45) is 2.31. The SMILES string of the molecule is CCC(CCOc1ccc(Br)cc1)CNCC(C)C. The molecule has 0 aromatic heterocycles. The van der Waals surface area contributed by atoms with Crippen molar-refractivity contribution in [2.75, 3.05) is 19.7 Å². The highest BCUT2D eigenvalue weighted by Gasteiger charge is 2.06. The van der Waals surface area contributed by atoms with Crippen molar-refractivity contribution >= 4 is 15.9 Å². The first kappa shape index (κ1) is 16.5. The van der Waals surface area contributed by atoms with E-state index in [2.05, 4.69) is 42.0 Å². The molecular weight excluding hydrogens is 302 g/mol. The highest BCUT2D eigenvalue weighted by molar-refractivity contribution is 9.10. The predicted octanol–water partition coefficient (Wildman–Crippen LogP) is 4.49. The molecule has 0 heterocycles. The Morgan fingerprint density at radius 3 is 2.42 bits per heavy atom. The van der Waals surface area contributed by atoms with Crippen LogP contribution in [0.15, 0.2) is 28.7 Å². The number of hydrogen-bond donors (Lipinski definition) is 1. The minimum Gasteiger partial charge on any atom is -0.494 e. The van der Waals surface area contributed by atoms with Crippen molar-refractivity contribution in [3.8, 4) is 5.75 Å². The van der Waals surface area contributed by atoms with Crippen LogP contribution in [0.5, 0.6) is 5.75 Å². The summed E-state index contributed by atoms with van der Waals surface area (Å²) in [6.45, 7) is 9.72. The van der Waals surface area contributed by atoms with Gasteiger partial charge in [0.15, 0.2) is 0 Å². The molecule has 0 saturated heterocycles. The average Bonchev–Trinajstić information content (AvgIpc) is 2.39. The summed E-state index contributed by atoms with van der Waals surface area (Å²) in [5, 5.41) is 3.53. The Morgan fingerprint density at radius 1 is 1.16 bits per heavy atom. The fraction of sp³-hybridized carbons (Fsp3) is 0.625. The van der Waals surface area contributed by atoms with E-state index in [0.29, 0.717) is 5.92 Å². The van der Waals surface area contributed by atoms with E-state index in [1.165, 1.54) is 6.42 Å². The van der Waals surface area contributed by atoms with Crippen LogP contribution < -0.4 is 10.1 Å². The van der Waals surface area contributed by atoms with Gasteiger partial charge >= 0.3 is 0 Å². The number of benzene rings is 1. The Labute approximate surface area is 126 Å². The number of halogens is 1. The molecule has 1 N–H and O–H groups in total. The molecule has 2 nitrogen and oxygen atoms in total. The topological polar surface area (TPSA) is 21.3 Å². The van der Waals surface area contributed by atoms with Crippen molar-refractivity contribution in [2.45, 2.75) is 33.6 Å². The Morgan fingerprint density at radius 2 is 1.84 bits per heavy atom. The van der Waals surface area contributed by atoms with Gasteiger partial charge in [-0.25, -0.2) is 0 Å². The van der Waals surface area contributed by atoms with Crippen molar-refractivity contribution in [1.82, 2.24) is 5.32 Å². The van der Waals surface area contributed by atoms with E-state index in [9.17, 15) is 0 Å². The summed E-state index contributed by atoms with van der Waals surface area (Å²) in [5.41, 5.74) is 0. The largest absolute Gasteiger partial charge is 0.494 e. The average molecular weight is 328 g/mol. The number of nitrogens with one attached hydrogen (secondary N) is 1. The molecule has 108 valence electrons. The Hall–Kier alpha value is -0.540. The smallest absolute Gasteiger partial charge is 0.119 e. The van der Waals surface area contributed by atoms with Crippen LogP contribution in [0.4, 0.5) is 0 Å². The normalized spacial score (nSPS) is 12.7. The molecule has 0 bridgehead atoms. The van der Waals surface area contributed by atoms with Gasteiger partial charge in [0.1, 0.15) is 5.75 Å². The fourth-order valence-corrected chi connectivity index (χ4v) is 2.17. The number of rotatable bonds is 9. The van der Waals surface area contributed by atoms with E-state index >= 15 is 0 Å². The summed E-state index contributed by atoms with van der Waals surface area (Å²) >= 11 is 3.42. The second-order valence-electron chi connectivity index (χ2n) is 5.42. The van der Waals surface area contributed by atoms with Crippen molar-refractivity contribution in [3.63, 3.8) is 0 Å². The van der Waals surface area contributed by atoms with Crippen LogP contribution in [-0.4, -0.2) is 19.7 Å². The van der Waals surface area contributed by atoms with E-state index in [-0.39, 0.29) is 0 Å². The van der Waals surface area contributed by atoms with Gasteiger partial charge in [-0.2, -0.15) is 0 Å². The van der Waals surface area contributed by atoms with Crippen molar-refractivity contribution in [3.05, 3.63) is 28.7 Å². The Kier molecular flexibility index (Phi) is 8.15. The lowest BCUT2D eigenvalue weighted by Gasteiger charge is -2.17. The van der Waals surface area contributed by atoms with Crippen LogP contribution >= 0.6 is 15.9 Å². The molecule has 1 aromatic rings. The van der Waals surface area contributed by atoms with Gasteiger partial charge in [-0.15, -0.1) is 0 Å². The standard InChI is InChI=1S/C16H26BrNO/c1-4-14(12-18-11-13(2)3)9-10-19-16-7-5-15(17)6-8-16/h5-8,13-14,18H,4,9-12H2,1-3H3. The summed E-state index contributed by atoms with van der Waals surface area (Å²) in [4.78, 5) is 0. The van der Waals surface area contributed by atoms with Gasteiger partial charge in [0.25, 0.3) is 0 Å². The van der Waals surface area contributed by atoms with E-state index in [0.717, 1.165) is 42.3 Å². The second-order valence-corrected chi connectivity index (χ2v) is 6.33. The lowest BCUT2D eigenvalue weighted by molar-refractivity contribution is 0.270. The molecule has 0 fully saturated rings. The van der Waals surface area contributed by atoms with Crippen molar-refractivity contribution in [2.24, 2.45) is 11.8 Å². The molecule has 0 aliphatic carbocycles. The van der Waals surface area contributed by atoms with Crippen molar-refractivity contribution < 1.29 is 4.74 Å². The molecule has 3 heteroatoms. The zero-order valence-corrected chi connectivity index (χ0v) is 13.9. The molecule has 1 aromatic carbocycles. The third-order valence-corrected chi connectivity index (χ3v) is 3.70. The van der Waals surface area contributed by atoms with Crippen LogP contribution in [0.3, 0.4) is 0 Å². The maximum Gasteiger partial charge on any atom is 0.119 e. The highest BCUT2D eigenvalue weighted by atomic mass is 79.9. The first-order valence-electron chi connectivity index (χ1n) is 7.21. The summed E-state index contributed by atoms with van der Waals surface area (Å²) in [7, 11) is 0. The predicted molar refractivity (Wildman–Crippen MR) is 85.7 cm³/mol. The third-order valence-electron chi connectivity index (χ3n) is 3.17. The molecule has 1 rings (SSSR count). The molecule has 0 radical (unpaired) electrons. The second kappa shape index (κ2) is 9.38. The Balaban J connectivity index is 2.20. The lowest BCUT2D eigenvalue weighted by Crippen LogP contribution is -2.27. The molecule has 0 saturated carbocycles. The minimum absolute atomic E-state index is 0.703. The van der Waals surface area contributed by atoms with Crippen LogP contribution in [0.1, 0.15) is 33.6 Å². The van der Waals surface area contributed by atoms with E-state index in [4.69, 9.17) is 4.74 Å². The zero-order valence-electron chi connectivity index (χ0n) is 12.3. The molecule has 19 heavy (non-hydrogen) atoms. The molecule has 0 amide bonds. The minimum atomic E-state index is 0.703. The molecule has 0 aliphatic heterocycles. The van der Waals surface area contributed by atoms with Crippen LogP contribution in [-0.2, 0) is 0 Å². The van der Waals surface area contributed by atoms with Gasteiger partial charge in [-0.1, -0.05) is 43.1 Å². The summed E-state index contributed by atoms with van der Waals surface area (Å²) in [6, 6.07) is 8.03. The van der Waals surface area contributed by atoms with Gasteiger partial charge in [-0.05, 0) is 55.6 Å². The maximum absolute atomic E-state index is 5.77. The summed E-state index contributed by atoms with van der Waals surface area (Å²) in [5.74, 6) is 2.37. The molecule has 1 atom stereocenters. The zero-order chi connectivity index (χ0) is 14.1. The van der Waals surface area contributed by atoms with E-state index in [1.54, 1.807) is 0 Å². The van der Waals surface area contributed by atoms with E-state index < -0.39 is 0 Å². The molecule has 0 spiro atoms. The van der Waals surface area contributed by atoms with Crippen LogP contribution in [0, 0.1) is 11.8 Å². The molecular formula is C16H26BrNO. The fourth-order valence-electron chi connectivity index (χ4n) is 1.90. The number of ether oxygens (including phenoxy) is 1. The molecule has 0 aliphatic rings. The Bertz CT molecular complexity index is 337. The molecule has 1 unspecified atom stereocenters. The number of hydrogen-bond acceptors (Lipinski definition) is 2. The monoisotopic (exact) mass is 327 g/mol. The van der Waals surface area contributed by atoms with E-state index in [1.807, 2.05) is 24.3 Å². The van der Waals surface area contributed by atoms with Gasteiger partial charge < -0.3 is 10.1 Å². The summed E-state index contributed by atoms with van der Waals surface area (Å²) < 4.78 is 6.86. The van der Waals surface area contributed by atoms with Gasteiger partial charge in [0, 0.05) is 4.47 Å². The van der Waals surface area contributed by atoms with Crippen molar-refractivity contribution in [1.29, 1.82) is 0 Å². The lowest BCUT2D eigenvalue weighted by atomic mass is 10.0. The first-order valence-corrected chi connectivity index (χ1v) is 8.00. The van der Waals surface area contributed by atoms with Crippen LogP contribution in [0.2, 0.25) is 0 Å². The van der Waals surface area contributed by atoms with Crippen LogP contribution in [0.25, 0.3) is 0 Å². The highest BCUT2D eigenvalue weighted by Crippen LogP contribution is 2.17. The van der Waals surface area contributed by atoms with Gasteiger partial charge in [-0.3, -0.25) is 0 Å².